The average Bonchev–Trinajstić information content (AvgIpc) is 3.16. The van der Waals surface area contributed by atoms with Crippen molar-refractivity contribution in [3.05, 3.63) is 81.9 Å². The number of benzene rings is 2. The van der Waals surface area contributed by atoms with Gasteiger partial charge in [-0.2, -0.15) is 5.10 Å². The van der Waals surface area contributed by atoms with Gasteiger partial charge in [-0.25, -0.2) is 9.67 Å². The van der Waals surface area contributed by atoms with Gasteiger partial charge in [-0.05, 0) is 31.5 Å². The summed E-state index contributed by atoms with van der Waals surface area (Å²) in [6.07, 6.45) is 2.65. The molecule has 0 aliphatic heterocycles. The second-order valence-corrected chi connectivity index (χ2v) is 5.91. The molecular weight excluding hydrogens is 334 g/mol. The lowest BCUT2D eigenvalue weighted by molar-refractivity contribution is -0.384. The molecule has 1 amide bonds. The Bertz CT molecular complexity index is 936. The van der Waals surface area contributed by atoms with Gasteiger partial charge in [-0.3, -0.25) is 14.9 Å². The lowest BCUT2D eigenvalue weighted by Crippen LogP contribution is -2.26. The Labute approximate surface area is 149 Å². The minimum Gasteiger partial charge on any atom is -0.346 e. The molecule has 8 nitrogen and oxygen atoms in total. The Morgan fingerprint density at radius 1 is 1.23 bits per heavy atom. The number of hydrogen-bond acceptors (Lipinski definition) is 5. The van der Waals surface area contributed by atoms with Gasteiger partial charge in [0.15, 0.2) is 0 Å². The third kappa shape index (κ3) is 3.59. The molecule has 3 aromatic rings. The van der Waals surface area contributed by atoms with Gasteiger partial charge >= 0.3 is 0 Å². The molecule has 0 spiro atoms. The lowest BCUT2D eigenvalue weighted by atomic mass is 10.1. The average molecular weight is 351 g/mol. The van der Waals surface area contributed by atoms with Crippen LogP contribution < -0.4 is 5.32 Å². The molecule has 1 atom stereocenters. The van der Waals surface area contributed by atoms with Crippen molar-refractivity contribution in [1.29, 1.82) is 0 Å². The van der Waals surface area contributed by atoms with Crippen LogP contribution in [0.4, 0.5) is 5.69 Å². The molecule has 0 saturated carbocycles. The molecule has 1 unspecified atom stereocenters. The minimum atomic E-state index is -0.544. The summed E-state index contributed by atoms with van der Waals surface area (Å²) in [7, 11) is 0. The number of nitro benzene ring substituents is 1. The fourth-order valence-electron chi connectivity index (χ4n) is 2.56. The van der Waals surface area contributed by atoms with E-state index in [1.807, 2.05) is 38.1 Å². The molecule has 132 valence electrons. The van der Waals surface area contributed by atoms with Crippen LogP contribution in [0.25, 0.3) is 5.69 Å². The maximum Gasteiger partial charge on any atom is 0.295 e. The molecule has 0 bridgehead atoms. The maximum atomic E-state index is 12.5. The molecule has 0 radical (unpaired) electrons. The van der Waals surface area contributed by atoms with E-state index >= 15 is 0 Å². The predicted octanol–water partition coefficient (Wildman–Crippen LogP) is 2.97. The highest BCUT2D eigenvalue weighted by molar-refractivity contribution is 5.95. The predicted molar refractivity (Wildman–Crippen MR) is 95.1 cm³/mol. The van der Waals surface area contributed by atoms with E-state index in [1.54, 1.807) is 0 Å². The van der Waals surface area contributed by atoms with Crippen molar-refractivity contribution in [2.24, 2.45) is 0 Å². The van der Waals surface area contributed by atoms with Crippen molar-refractivity contribution in [2.45, 2.75) is 19.9 Å². The zero-order chi connectivity index (χ0) is 18.7. The Kier molecular flexibility index (Phi) is 4.74. The van der Waals surface area contributed by atoms with Crippen LogP contribution in [0.5, 0.6) is 0 Å². The number of carbonyl (C=O) groups is 1. The van der Waals surface area contributed by atoms with Crippen molar-refractivity contribution in [2.75, 3.05) is 0 Å². The van der Waals surface area contributed by atoms with Gasteiger partial charge in [0.1, 0.15) is 18.3 Å². The number of aryl methyl sites for hydroxylation is 1. The lowest BCUT2D eigenvalue weighted by Gasteiger charge is -2.15. The summed E-state index contributed by atoms with van der Waals surface area (Å²) in [6, 6.07) is 11.9. The van der Waals surface area contributed by atoms with Crippen LogP contribution in [0.2, 0.25) is 0 Å². The topological polar surface area (TPSA) is 103 Å². The van der Waals surface area contributed by atoms with Crippen molar-refractivity contribution in [3.63, 3.8) is 0 Å². The van der Waals surface area contributed by atoms with Crippen LogP contribution in [-0.4, -0.2) is 25.6 Å². The quantitative estimate of drug-likeness (QED) is 0.562. The van der Waals surface area contributed by atoms with Crippen LogP contribution in [0.3, 0.4) is 0 Å². The highest BCUT2D eigenvalue weighted by Crippen LogP contribution is 2.24. The van der Waals surface area contributed by atoms with Gasteiger partial charge in [0.25, 0.3) is 11.6 Å². The van der Waals surface area contributed by atoms with Crippen molar-refractivity contribution in [1.82, 2.24) is 20.1 Å². The first-order chi connectivity index (χ1) is 12.5. The fraction of sp³-hybridized carbons (Fsp3) is 0.167. The second-order valence-electron chi connectivity index (χ2n) is 5.91. The van der Waals surface area contributed by atoms with Gasteiger partial charge in [0.2, 0.25) is 0 Å². The van der Waals surface area contributed by atoms with E-state index in [0.29, 0.717) is 0 Å². The monoisotopic (exact) mass is 351 g/mol. The molecule has 0 fully saturated rings. The normalized spacial score (nSPS) is 11.8. The summed E-state index contributed by atoms with van der Waals surface area (Å²) < 4.78 is 1.29. The zero-order valence-electron chi connectivity index (χ0n) is 14.3. The summed E-state index contributed by atoms with van der Waals surface area (Å²) in [4.78, 5) is 27.1. The second kappa shape index (κ2) is 7.14. The molecule has 1 heterocycles. The third-order valence-corrected chi connectivity index (χ3v) is 4.02. The first-order valence-corrected chi connectivity index (χ1v) is 7.96. The number of nitrogens with one attached hydrogen (secondary N) is 1. The number of amides is 1. The van der Waals surface area contributed by atoms with Gasteiger partial charge in [0, 0.05) is 11.6 Å². The van der Waals surface area contributed by atoms with E-state index in [2.05, 4.69) is 15.4 Å². The summed E-state index contributed by atoms with van der Waals surface area (Å²) in [5, 5.41) is 18.1. The summed E-state index contributed by atoms with van der Waals surface area (Å²) in [6.45, 7) is 3.85. The summed E-state index contributed by atoms with van der Waals surface area (Å²) >= 11 is 0. The molecule has 8 heteroatoms. The van der Waals surface area contributed by atoms with E-state index in [0.717, 1.165) is 11.1 Å². The first-order valence-electron chi connectivity index (χ1n) is 7.96. The standard InChI is InChI=1S/C18H17N5O3/c1-12-3-5-14(6-4-12)13(2)21-18(24)15-7-8-16(17(9-15)23(25)26)22-11-19-10-20-22/h3-11,13H,1-2H3,(H,21,24). The van der Waals surface area contributed by atoms with Crippen LogP contribution >= 0.6 is 0 Å². The van der Waals surface area contributed by atoms with Crippen LogP contribution in [-0.2, 0) is 0 Å². The highest BCUT2D eigenvalue weighted by atomic mass is 16.6. The third-order valence-electron chi connectivity index (χ3n) is 4.02. The number of hydrogen-bond donors (Lipinski definition) is 1. The van der Waals surface area contributed by atoms with Crippen molar-refractivity contribution >= 4 is 11.6 Å². The molecular formula is C18H17N5O3. The molecule has 1 aromatic heterocycles. The fourth-order valence-corrected chi connectivity index (χ4v) is 2.56. The van der Waals surface area contributed by atoms with E-state index in [-0.39, 0.29) is 28.9 Å². The summed E-state index contributed by atoms with van der Waals surface area (Å²) in [5.41, 5.74) is 2.32. The zero-order valence-corrected chi connectivity index (χ0v) is 14.3. The number of nitrogens with zero attached hydrogens (tertiary/aromatic N) is 4. The molecule has 26 heavy (non-hydrogen) atoms. The van der Waals surface area contributed by atoms with Crippen LogP contribution in [0.1, 0.15) is 34.5 Å². The molecule has 2 aromatic carbocycles. The highest BCUT2D eigenvalue weighted by Gasteiger charge is 2.20. The SMILES string of the molecule is Cc1ccc(C(C)NC(=O)c2ccc(-n3cncn3)c([N+](=O)[O-])c2)cc1. The van der Waals surface area contributed by atoms with Crippen LogP contribution in [0.15, 0.2) is 55.1 Å². The maximum absolute atomic E-state index is 12.5. The smallest absolute Gasteiger partial charge is 0.295 e. The van der Waals surface area contributed by atoms with Crippen molar-refractivity contribution in [3.8, 4) is 5.69 Å². The molecule has 3 rings (SSSR count). The van der Waals surface area contributed by atoms with Gasteiger partial charge in [-0.15, -0.1) is 0 Å². The van der Waals surface area contributed by atoms with E-state index in [9.17, 15) is 14.9 Å². The molecule has 0 saturated heterocycles. The molecule has 0 aliphatic carbocycles. The number of rotatable bonds is 5. The molecule has 0 aliphatic rings. The van der Waals surface area contributed by atoms with Crippen LogP contribution in [0, 0.1) is 17.0 Å². The Morgan fingerprint density at radius 2 is 1.96 bits per heavy atom. The van der Waals surface area contributed by atoms with Gasteiger partial charge in [0.05, 0.1) is 11.0 Å². The van der Waals surface area contributed by atoms with Crippen molar-refractivity contribution < 1.29 is 9.72 Å². The Morgan fingerprint density at radius 3 is 2.58 bits per heavy atom. The van der Waals surface area contributed by atoms with E-state index < -0.39 is 4.92 Å². The van der Waals surface area contributed by atoms with Gasteiger partial charge < -0.3 is 5.32 Å². The van der Waals surface area contributed by atoms with E-state index in [4.69, 9.17) is 0 Å². The largest absolute Gasteiger partial charge is 0.346 e. The molecule has 1 N–H and O–H groups in total. The Hall–Kier alpha value is -3.55. The van der Waals surface area contributed by atoms with E-state index in [1.165, 1.54) is 35.5 Å². The Balaban J connectivity index is 1.84. The number of nitro groups is 1. The number of aromatic nitrogens is 3. The summed E-state index contributed by atoms with van der Waals surface area (Å²) in [5.74, 6) is -0.383. The minimum absolute atomic E-state index is 0.208. The number of carbonyl (C=O) groups excluding carboxylic acids is 1. The van der Waals surface area contributed by atoms with Gasteiger partial charge in [-0.1, -0.05) is 29.8 Å². The first kappa shape index (κ1) is 17.3.